The molecule has 0 aromatic heterocycles. The molecule has 3 heteroatoms. The van der Waals surface area contributed by atoms with Gasteiger partial charge in [0.1, 0.15) is 0 Å². The van der Waals surface area contributed by atoms with Crippen molar-refractivity contribution >= 4 is 0 Å². The summed E-state index contributed by atoms with van der Waals surface area (Å²) in [5, 5.41) is 3.42. The van der Waals surface area contributed by atoms with E-state index in [4.69, 9.17) is 9.47 Å². The molecule has 2 atom stereocenters. The van der Waals surface area contributed by atoms with Crippen molar-refractivity contribution in [2.75, 3.05) is 32.9 Å². The van der Waals surface area contributed by atoms with E-state index in [1.54, 1.807) is 0 Å². The van der Waals surface area contributed by atoms with Gasteiger partial charge in [-0.25, -0.2) is 0 Å². The molecule has 0 saturated carbocycles. The van der Waals surface area contributed by atoms with Crippen LogP contribution in [0.2, 0.25) is 0 Å². The van der Waals surface area contributed by atoms with Gasteiger partial charge in [-0.2, -0.15) is 0 Å². The fraction of sp³-hybridized carbons (Fsp3) is 1.00. The van der Waals surface area contributed by atoms with Crippen LogP contribution in [0.5, 0.6) is 0 Å². The lowest BCUT2D eigenvalue weighted by molar-refractivity contribution is 0.0366. The van der Waals surface area contributed by atoms with E-state index in [9.17, 15) is 0 Å². The Hall–Kier alpha value is -0.120. The summed E-state index contributed by atoms with van der Waals surface area (Å²) in [6, 6.07) is 0. The zero-order valence-corrected chi connectivity index (χ0v) is 13.5. The van der Waals surface area contributed by atoms with Gasteiger partial charge in [0, 0.05) is 26.4 Å². The van der Waals surface area contributed by atoms with E-state index < -0.39 is 0 Å². The van der Waals surface area contributed by atoms with Gasteiger partial charge in [0.25, 0.3) is 0 Å². The molecule has 0 spiro atoms. The predicted octanol–water partition coefficient (Wildman–Crippen LogP) is 3.62. The third-order valence-electron chi connectivity index (χ3n) is 3.44. The van der Waals surface area contributed by atoms with Gasteiger partial charge < -0.3 is 14.8 Å². The van der Waals surface area contributed by atoms with Crippen LogP contribution in [0.25, 0.3) is 0 Å². The highest BCUT2D eigenvalue weighted by atomic mass is 16.5. The van der Waals surface area contributed by atoms with Gasteiger partial charge in [-0.15, -0.1) is 0 Å². The van der Waals surface area contributed by atoms with Crippen LogP contribution in [0.4, 0.5) is 0 Å². The third-order valence-corrected chi connectivity index (χ3v) is 3.44. The highest BCUT2D eigenvalue weighted by molar-refractivity contribution is 4.60. The molecule has 116 valence electrons. The monoisotopic (exact) mass is 273 g/mol. The van der Waals surface area contributed by atoms with Gasteiger partial charge in [-0.1, -0.05) is 33.1 Å². The minimum Gasteiger partial charge on any atom is -0.382 e. The average Bonchev–Trinajstić information content (AvgIpc) is 2.43. The van der Waals surface area contributed by atoms with Crippen LogP contribution in [-0.2, 0) is 9.47 Å². The Balaban J connectivity index is 3.43. The summed E-state index contributed by atoms with van der Waals surface area (Å²) in [6.45, 7) is 13.2. The molecular formula is C16H35NO2. The van der Waals surface area contributed by atoms with Crippen molar-refractivity contribution < 1.29 is 9.47 Å². The Bertz CT molecular complexity index is 176. The van der Waals surface area contributed by atoms with Crippen LogP contribution in [-0.4, -0.2) is 39.0 Å². The Morgan fingerprint density at radius 3 is 2.53 bits per heavy atom. The molecule has 0 aromatic carbocycles. The van der Waals surface area contributed by atoms with E-state index in [1.165, 1.54) is 25.7 Å². The molecule has 1 N–H and O–H groups in total. The van der Waals surface area contributed by atoms with E-state index in [0.717, 1.165) is 45.2 Å². The lowest BCUT2D eigenvalue weighted by atomic mass is 10.0. The van der Waals surface area contributed by atoms with Gasteiger partial charge in [0.2, 0.25) is 0 Å². The number of hydrogen-bond acceptors (Lipinski definition) is 3. The second kappa shape index (κ2) is 14.3. The summed E-state index contributed by atoms with van der Waals surface area (Å²) in [7, 11) is 0. The lowest BCUT2D eigenvalue weighted by Crippen LogP contribution is -2.29. The summed E-state index contributed by atoms with van der Waals surface area (Å²) in [4.78, 5) is 0. The molecular weight excluding hydrogens is 238 g/mol. The molecule has 3 nitrogen and oxygen atoms in total. The maximum atomic E-state index is 5.93. The summed E-state index contributed by atoms with van der Waals surface area (Å²) in [6.07, 6.45) is 6.53. The summed E-state index contributed by atoms with van der Waals surface area (Å²) >= 11 is 0. The third kappa shape index (κ3) is 12.6. The molecule has 0 fully saturated rings. The Morgan fingerprint density at radius 1 is 1.11 bits per heavy atom. The summed E-state index contributed by atoms with van der Waals surface area (Å²) in [5.74, 6) is 0.736. The van der Waals surface area contributed by atoms with Crippen molar-refractivity contribution in [2.24, 2.45) is 5.92 Å². The number of rotatable bonds is 14. The van der Waals surface area contributed by atoms with Gasteiger partial charge in [-0.05, 0) is 39.2 Å². The predicted molar refractivity (Wildman–Crippen MR) is 82.7 cm³/mol. The highest BCUT2D eigenvalue weighted by Crippen LogP contribution is 2.13. The molecule has 0 rings (SSSR count). The number of hydrogen-bond donors (Lipinski definition) is 1. The second-order valence-corrected chi connectivity index (χ2v) is 5.32. The van der Waals surface area contributed by atoms with Crippen LogP contribution >= 0.6 is 0 Å². The van der Waals surface area contributed by atoms with E-state index >= 15 is 0 Å². The van der Waals surface area contributed by atoms with Crippen molar-refractivity contribution in [3.8, 4) is 0 Å². The van der Waals surface area contributed by atoms with Crippen molar-refractivity contribution in [3.63, 3.8) is 0 Å². The quantitative estimate of drug-likeness (QED) is 0.490. The Morgan fingerprint density at radius 2 is 1.89 bits per heavy atom. The van der Waals surface area contributed by atoms with Crippen LogP contribution in [0, 0.1) is 5.92 Å². The first-order valence-corrected chi connectivity index (χ1v) is 8.14. The normalized spacial score (nSPS) is 14.5. The van der Waals surface area contributed by atoms with E-state index in [-0.39, 0.29) is 0 Å². The first kappa shape index (κ1) is 18.9. The lowest BCUT2D eigenvalue weighted by Gasteiger charge is -2.19. The van der Waals surface area contributed by atoms with Crippen molar-refractivity contribution in [1.82, 2.24) is 5.32 Å². The number of unbranched alkanes of at least 4 members (excludes halogenated alkanes) is 1. The minimum atomic E-state index is 0.308. The molecule has 0 aliphatic heterocycles. The number of nitrogens with one attached hydrogen (secondary N) is 1. The van der Waals surface area contributed by atoms with Crippen molar-refractivity contribution in [3.05, 3.63) is 0 Å². The van der Waals surface area contributed by atoms with Gasteiger partial charge in [0.05, 0.1) is 6.10 Å². The number of ether oxygens (including phenoxy) is 2. The first-order valence-electron chi connectivity index (χ1n) is 8.14. The molecule has 0 aromatic rings. The van der Waals surface area contributed by atoms with Crippen LogP contribution in [0.15, 0.2) is 0 Å². The van der Waals surface area contributed by atoms with Crippen LogP contribution in [0.3, 0.4) is 0 Å². The van der Waals surface area contributed by atoms with Gasteiger partial charge in [0.15, 0.2) is 0 Å². The standard InChI is InChI=1S/C16H35NO2/c1-5-8-10-16(6-2)14-19-15(4)13-17-11-9-12-18-7-3/h15-17H,5-14H2,1-4H3. The topological polar surface area (TPSA) is 30.5 Å². The summed E-state index contributed by atoms with van der Waals surface area (Å²) < 4.78 is 11.2. The van der Waals surface area contributed by atoms with E-state index in [0.29, 0.717) is 6.10 Å². The van der Waals surface area contributed by atoms with Crippen molar-refractivity contribution in [2.45, 2.75) is 65.9 Å². The van der Waals surface area contributed by atoms with E-state index in [1.807, 2.05) is 6.92 Å². The second-order valence-electron chi connectivity index (χ2n) is 5.32. The SMILES string of the molecule is CCCCC(CC)COC(C)CNCCCOCC. The molecule has 0 bridgehead atoms. The van der Waals surface area contributed by atoms with Crippen LogP contribution < -0.4 is 5.32 Å². The molecule has 0 aliphatic carbocycles. The molecule has 2 unspecified atom stereocenters. The molecule has 19 heavy (non-hydrogen) atoms. The summed E-state index contributed by atoms with van der Waals surface area (Å²) in [5.41, 5.74) is 0. The maximum Gasteiger partial charge on any atom is 0.0671 e. The van der Waals surface area contributed by atoms with Crippen molar-refractivity contribution in [1.29, 1.82) is 0 Å². The smallest absolute Gasteiger partial charge is 0.0671 e. The molecule has 0 aliphatic rings. The molecule has 0 heterocycles. The average molecular weight is 273 g/mol. The fourth-order valence-electron chi connectivity index (χ4n) is 2.01. The largest absolute Gasteiger partial charge is 0.382 e. The van der Waals surface area contributed by atoms with Gasteiger partial charge in [-0.3, -0.25) is 0 Å². The molecule has 0 amide bonds. The van der Waals surface area contributed by atoms with E-state index in [2.05, 4.69) is 26.1 Å². The Labute approximate surface area is 120 Å². The maximum absolute atomic E-state index is 5.93. The molecule has 0 radical (unpaired) electrons. The fourth-order valence-corrected chi connectivity index (χ4v) is 2.01. The highest BCUT2D eigenvalue weighted by Gasteiger charge is 2.08. The minimum absolute atomic E-state index is 0.308. The van der Waals surface area contributed by atoms with Crippen LogP contribution in [0.1, 0.15) is 59.8 Å². The Kier molecular flexibility index (Phi) is 14.2. The first-order chi connectivity index (χ1) is 9.24. The zero-order chi connectivity index (χ0) is 14.3. The zero-order valence-electron chi connectivity index (χ0n) is 13.5. The van der Waals surface area contributed by atoms with Gasteiger partial charge >= 0.3 is 0 Å². The molecule has 0 saturated heterocycles.